The maximum atomic E-state index is 12.5. The summed E-state index contributed by atoms with van der Waals surface area (Å²) >= 11 is 0. The first-order chi connectivity index (χ1) is 14.6. The van der Waals surface area contributed by atoms with E-state index in [0.29, 0.717) is 31.3 Å². The number of hydrogen-bond donors (Lipinski definition) is 2. The second-order valence-electron chi connectivity index (χ2n) is 7.00. The Balaban J connectivity index is 1.59. The molecular formula is C23H28N4O3. The summed E-state index contributed by atoms with van der Waals surface area (Å²) in [7, 11) is 0. The van der Waals surface area contributed by atoms with Gasteiger partial charge in [-0.15, -0.1) is 0 Å². The van der Waals surface area contributed by atoms with Crippen LogP contribution in [0, 0.1) is 6.92 Å². The molecule has 0 aliphatic heterocycles. The quantitative estimate of drug-likeness (QED) is 0.503. The van der Waals surface area contributed by atoms with Crippen LogP contribution in [0.25, 0.3) is 11.0 Å². The summed E-state index contributed by atoms with van der Waals surface area (Å²) < 4.78 is 7.42. The van der Waals surface area contributed by atoms with E-state index in [0.717, 1.165) is 23.0 Å². The van der Waals surface area contributed by atoms with E-state index in [1.54, 1.807) is 6.07 Å². The molecule has 0 bridgehead atoms. The van der Waals surface area contributed by atoms with E-state index in [9.17, 15) is 9.59 Å². The number of para-hydroxylation sites is 2. The summed E-state index contributed by atoms with van der Waals surface area (Å²) in [5.74, 6) is 0.147. The maximum absolute atomic E-state index is 12.5. The van der Waals surface area contributed by atoms with Crippen molar-refractivity contribution in [2.75, 3.05) is 25.1 Å². The Morgan fingerprint density at radius 2 is 1.87 bits per heavy atom. The van der Waals surface area contributed by atoms with Gasteiger partial charge in [-0.3, -0.25) is 14.9 Å². The van der Waals surface area contributed by atoms with Crippen LogP contribution in [0.1, 0.15) is 35.7 Å². The van der Waals surface area contributed by atoms with Crippen LogP contribution in [0.4, 0.5) is 5.95 Å². The number of anilines is 1. The van der Waals surface area contributed by atoms with E-state index in [1.165, 1.54) is 0 Å². The number of rotatable bonds is 10. The first-order valence-electron chi connectivity index (χ1n) is 10.3. The third kappa shape index (κ3) is 5.45. The van der Waals surface area contributed by atoms with Crippen molar-refractivity contribution in [3.05, 3.63) is 59.7 Å². The van der Waals surface area contributed by atoms with Crippen molar-refractivity contribution in [2.24, 2.45) is 0 Å². The van der Waals surface area contributed by atoms with E-state index in [4.69, 9.17) is 4.74 Å². The Bertz CT molecular complexity index is 1010. The number of aromatic nitrogens is 2. The molecule has 0 aliphatic rings. The number of nitrogens with one attached hydrogen (secondary N) is 2. The predicted molar refractivity (Wildman–Crippen MR) is 118 cm³/mol. The van der Waals surface area contributed by atoms with Crippen LogP contribution in [0.15, 0.2) is 48.5 Å². The normalized spacial score (nSPS) is 10.9. The molecule has 2 amide bonds. The van der Waals surface area contributed by atoms with Gasteiger partial charge in [0, 0.05) is 38.3 Å². The lowest BCUT2D eigenvalue weighted by atomic mass is 10.1. The molecule has 2 aromatic carbocycles. The van der Waals surface area contributed by atoms with E-state index in [2.05, 4.69) is 15.6 Å². The van der Waals surface area contributed by atoms with E-state index >= 15 is 0 Å². The Labute approximate surface area is 176 Å². The number of imidazole rings is 1. The van der Waals surface area contributed by atoms with Gasteiger partial charge in [0.05, 0.1) is 11.0 Å². The molecule has 7 nitrogen and oxygen atoms in total. The van der Waals surface area contributed by atoms with Gasteiger partial charge in [0.1, 0.15) is 0 Å². The summed E-state index contributed by atoms with van der Waals surface area (Å²) in [6, 6.07) is 15.2. The topological polar surface area (TPSA) is 85.2 Å². The van der Waals surface area contributed by atoms with Crippen molar-refractivity contribution >= 4 is 28.8 Å². The van der Waals surface area contributed by atoms with Gasteiger partial charge in [-0.1, -0.05) is 30.3 Å². The molecule has 0 unspecified atom stereocenters. The third-order valence-corrected chi connectivity index (χ3v) is 4.81. The number of nitrogens with zero attached hydrogens (tertiary/aromatic N) is 2. The first kappa shape index (κ1) is 21.5. The second kappa shape index (κ2) is 10.5. The van der Waals surface area contributed by atoms with Gasteiger partial charge in [-0.25, -0.2) is 4.98 Å². The minimum absolute atomic E-state index is 0.166. The molecule has 0 fully saturated rings. The number of amides is 2. The number of carbonyl (C=O) groups excluding carboxylic acids is 2. The summed E-state index contributed by atoms with van der Waals surface area (Å²) in [5, 5.41) is 5.69. The van der Waals surface area contributed by atoms with E-state index in [-0.39, 0.29) is 24.8 Å². The average molecular weight is 409 g/mol. The number of carbonyl (C=O) groups is 2. The molecule has 158 valence electrons. The highest BCUT2D eigenvalue weighted by atomic mass is 16.5. The Morgan fingerprint density at radius 1 is 1.10 bits per heavy atom. The lowest BCUT2D eigenvalue weighted by molar-refractivity contribution is -0.116. The van der Waals surface area contributed by atoms with E-state index in [1.807, 2.05) is 60.9 Å². The molecule has 0 spiro atoms. The second-order valence-corrected chi connectivity index (χ2v) is 7.00. The summed E-state index contributed by atoms with van der Waals surface area (Å²) in [6.45, 7) is 6.14. The van der Waals surface area contributed by atoms with Crippen molar-refractivity contribution in [3.63, 3.8) is 0 Å². The maximum Gasteiger partial charge on any atom is 0.251 e. The molecule has 2 N–H and O–H groups in total. The molecule has 0 radical (unpaired) electrons. The highest BCUT2D eigenvalue weighted by molar-refractivity contribution is 5.96. The van der Waals surface area contributed by atoms with Crippen LogP contribution in [-0.4, -0.2) is 41.1 Å². The van der Waals surface area contributed by atoms with Crippen molar-refractivity contribution < 1.29 is 14.3 Å². The molecule has 0 atom stereocenters. The molecule has 30 heavy (non-hydrogen) atoms. The molecule has 7 heteroatoms. The summed E-state index contributed by atoms with van der Waals surface area (Å²) in [6.07, 6.45) is 0.989. The number of fused-ring (bicyclic) bond motifs is 1. The average Bonchev–Trinajstić information content (AvgIpc) is 3.08. The van der Waals surface area contributed by atoms with E-state index < -0.39 is 0 Å². The fourth-order valence-corrected chi connectivity index (χ4v) is 3.27. The number of ether oxygens (including phenoxy) is 1. The molecule has 3 rings (SSSR count). The predicted octanol–water partition coefficient (Wildman–Crippen LogP) is 3.53. The molecule has 0 saturated heterocycles. The molecule has 0 saturated carbocycles. The van der Waals surface area contributed by atoms with Crippen LogP contribution >= 0.6 is 0 Å². The summed E-state index contributed by atoms with van der Waals surface area (Å²) in [4.78, 5) is 29.3. The number of hydrogen-bond acceptors (Lipinski definition) is 4. The fraction of sp³-hybridized carbons (Fsp3) is 0.348. The number of benzene rings is 2. The molecule has 0 aliphatic carbocycles. The highest BCUT2D eigenvalue weighted by Gasteiger charge is 2.14. The molecular weight excluding hydrogens is 380 g/mol. The van der Waals surface area contributed by atoms with Crippen LogP contribution in [0.2, 0.25) is 0 Å². The van der Waals surface area contributed by atoms with Gasteiger partial charge >= 0.3 is 0 Å². The first-order valence-corrected chi connectivity index (χ1v) is 10.3. The van der Waals surface area contributed by atoms with Crippen molar-refractivity contribution in [3.8, 4) is 0 Å². The molecule has 3 aromatic rings. The highest BCUT2D eigenvalue weighted by Crippen LogP contribution is 2.20. The zero-order valence-electron chi connectivity index (χ0n) is 17.5. The fourth-order valence-electron chi connectivity index (χ4n) is 3.27. The van der Waals surface area contributed by atoms with Gasteiger partial charge in [0.25, 0.3) is 5.91 Å². The Kier molecular flexibility index (Phi) is 7.57. The Hall–Kier alpha value is -3.19. The van der Waals surface area contributed by atoms with Crippen LogP contribution in [-0.2, 0) is 16.1 Å². The standard InChI is InChI=1S/C23H28N4O3/c1-3-30-16-8-15-27-20-12-7-6-11-19(20)25-23(27)26-21(28)13-14-24-22(29)18-10-5-4-9-17(18)2/h4-7,9-12H,3,8,13-16H2,1-2H3,(H,24,29)(H,25,26,28). The van der Waals surface area contributed by atoms with Crippen LogP contribution < -0.4 is 10.6 Å². The Morgan fingerprint density at radius 3 is 2.67 bits per heavy atom. The van der Waals surface area contributed by atoms with Crippen molar-refractivity contribution in [1.82, 2.24) is 14.9 Å². The third-order valence-electron chi connectivity index (χ3n) is 4.81. The van der Waals surface area contributed by atoms with Crippen LogP contribution in [0.5, 0.6) is 0 Å². The van der Waals surface area contributed by atoms with Gasteiger partial charge in [0.2, 0.25) is 11.9 Å². The van der Waals surface area contributed by atoms with Crippen molar-refractivity contribution in [1.29, 1.82) is 0 Å². The smallest absolute Gasteiger partial charge is 0.251 e. The number of aryl methyl sites for hydroxylation is 2. The lowest BCUT2D eigenvalue weighted by Crippen LogP contribution is -2.28. The lowest BCUT2D eigenvalue weighted by Gasteiger charge is -2.11. The molecule has 1 aromatic heterocycles. The zero-order valence-corrected chi connectivity index (χ0v) is 17.5. The van der Waals surface area contributed by atoms with Crippen molar-refractivity contribution in [2.45, 2.75) is 33.2 Å². The van der Waals surface area contributed by atoms with Gasteiger partial charge in [-0.2, -0.15) is 0 Å². The minimum atomic E-state index is -0.193. The minimum Gasteiger partial charge on any atom is -0.382 e. The van der Waals surface area contributed by atoms with Gasteiger partial charge < -0.3 is 14.6 Å². The zero-order chi connectivity index (χ0) is 21.3. The summed E-state index contributed by atoms with van der Waals surface area (Å²) in [5.41, 5.74) is 3.32. The largest absolute Gasteiger partial charge is 0.382 e. The SMILES string of the molecule is CCOCCCn1c(NC(=O)CCNC(=O)c2ccccc2C)nc2ccccc21. The van der Waals surface area contributed by atoms with Gasteiger partial charge in [-0.05, 0) is 44.0 Å². The molecule has 1 heterocycles. The van der Waals surface area contributed by atoms with Gasteiger partial charge in [0.15, 0.2) is 0 Å². The van der Waals surface area contributed by atoms with Crippen LogP contribution in [0.3, 0.4) is 0 Å². The monoisotopic (exact) mass is 408 g/mol.